The molecule has 0 saturated carbocycles. The Balaban J connectivity index is 1.56. The third-order valence-corrected chi connectivity index (χ3v) is 5.22. The molecule has 3 aromatic rings. The number of fused-ring (bicyclic) bond motifs is 1. The zero-order valence-corrected chi connectivity index (χ0v) is 14.7. The van der Waals surface area contributed by atoms with Gasteiger partial charge in [-0.25, -0.2) is 4.98 Å². The molecular formula is C17H15ClN4O2S. The van der Waals surface area contributed by atoms with E-state index in [1.165, 1.54) is 11.3 Å². The number of benzene rings is 1. The molecule has 1 saturated heterocycles. The molecule has 0 radical (unpaired) electrons. The number of aromatic nitrogens is 2. The van der Waals surface area contributed by atoms with Crippen LogP contribution in [0, 0.1) is 0 Å². The Bertz CT molecular complexity index is 937. The zero-order chi connectivity index (χ0) is 17.4. The van der Waals surface area contributed by atoms with Gasteiger partial charge in [-0.1, -0.05) is 11.6 Å². The van der Waals surface area contributed by atoms with Crippen LogP contribution >= 0.6 is 22.9 Å². The predicted octanol–water partition coefficient (Wildman–Crippen LogP) is 3.52. The van der Waals surface area contributed by atoms with Crippen LogP contribution in [0.2, 0.25) is 5.02 Å². The van der Waals surface area contributed by atoms with E-state index in [1.54, 1.807) is 34.7 Å². The number of hydrogen-bond acceptors (Lipinski definition) is 4. The van der Waals surface area contributed by atoms with Gasteiger partial charge in [0.1, 0.15) is 11.7 Å². The minimum Gasteiger partial charge on any atom is -0.351 e. The normalized spacial score (nSPS) is 17.2. The molecule has 2 amide bonds. The summed E-state index contributed by atoms with van der Waals surface area (Å²) in [7, 11) is 0. The molecule has 3 heterocycles. The number of hydrogen-bond donors (Lipinski definition) is 2. The summed E-state index contributed by atoms with van der Waals surface area (Å²) in [5.74, 6) is -0.371. The molecule has 6 nitrogen and oxygen atoms in total. The second-order valence-corrected chi connectivity index (χ2v) is 7.23. The molecule has 1 aliphatic rings. The number of nitrogens with zero attached hydrogens (tertiary/aromatic N) is 2. The van der Waals surface area contributed by atoms with Gasteiger partial charge in [0.05, 0.1) is 0 Å². The minimum atomic E-state index is -0.480. The van der Waals surface area contributed by atoms with Gasteiger partial charge in [-0.2, -0.15) is 0 Å². The highest BCUT2D eigenvalue weighted by atomic mass is 35.5. The summed E-state index contributed by atoms with van der Waals surface area (Å²) < 4.78 is 0. The monoisotopic (exact) mass is 374 g/mol. The first-order chi connectivity index (χ1) is 12.1. The van der Waals surface area contributed by atoms with Crippen molar-refractivity contribution < 1.29 is 9.59 Å². The van der Waals surface area contributed by atoms with Crippen LogP contribution in [0.4, 0.5) is 5.13 Å². The Morgan fingerprint density at radius 2 is 2.24 bits per heavy atom. The van der Waals surface area contributed by atoms with Gasteiger partial charge in [0.25, 0.3) is 5.91 Å². The van der Waals surface area contributed by atoms with Crippen LogP contribution in [-0.4, -0.2) is 39.3 Å². The van der Waals surface area contributed by atoms with E-state index in [4.69, 9.17) is 11.6 Å². The number of amides is 2. The summed E-state index contributed by atoms with van der Waals surface area (Å²) in [4.78, 5) is 34.2. The quantitative estimate of drug-likeness (QED) is 0.736. The predicted molar refractivity (Wildman–Crippen MR) is 98.1 cm³/mol. The minimum absolute atomic E-state index is 0.177. The average Bonchev–Trinajstić information content (AvgIpc) is 3.33. The average molecular weight is 375 g/mol. The largest absolute Gasteiger partial charge is 0.351 e. The van der Waals surface area contributed by atoms with Crippen LogP contribution in [0.25, 0.3) is 10.9 Å². The smallest absolute Gasteiger partial charge is 0.270 e. The van der Waals surface area contributed by atoms with Crippen LogP contribution < -0.4 is 5.32 Å². The van der Waals surface area contributed by atoms with E-state index in [1.807, 2.05) is 6.07 Å². The van der Waals surface area contributed by atoms with Gasteiger partial charge in [-0.05, 0) is 37.1 Å². The molecule has 25 heavy (non-hydrogen) atoms. The fourth-order valence-electron chi connectivity index (χ4n) is 3.13. The number of likely N-dealkylation sites (tertiary alicyclic amines) is 1. The molecule has 2 aromatic heterocycles. The van der Waals surface area contributed by atoms with Gasteiger partial charge in [0.2, 0.25) is 5.91 Å². The van der Waals surface area contributed by atoms with Crippen LogP contribution in [-0.2, 0) is 4.79 Å². The van der Waals surface area contributed by atoms with Crippen molar-refractivity contribution in [3.63, 3.8) is 0 Å². The molecule has 1 atom stereocenters. The maximum atomic E-state index is 12.9. The summed E-state index contributed by atoms with van der Waals surface area (Å²) in [6, 6.07) is 6.71. The molecule has 0 spiro atoms. The lowest BCUT2D eigenvalue weighted by molar-refractivity contribution is -0.119. The molecule has 1 unspecified atom stereocenters. The Morgan fingerprint density at radius 3 is 3.04 bits per heavy atom. The van der Waals surface area contributed by atoms with E-state index >= 15 is 0 Å². The van der Waals surface area contributed by atoms with Crippen molar-refractivity contribution in [3.8, 4) is 0 Å². The maximum Gasteiger partial charge on any atom is 0.270 e. The van der Waals surface area contributed by atoms with Crippen molar-refractivity contribution in [2.75, 3.05) is 11.9 Å². The summed E-state index contributed by atoms with van der Waals surface area (Å²) in [6.07, 6.45) is 3.08. The molecule has 0 bridgehead atoms. The first-order valence-corrected chi connectivity index (χ1v) is 9.17. The molecular weight excluding hydrogens is 360 g/mol. The number of thiazole rings is 1. The molecule has 128 valence electrons. The number of halogens is 1. The molecule has 2 N–H and O–H groups in total. The number of carbonyl (C=O) groups excluding carboxylic acids is 2. The Morgan fingerprint density at radius 1 is 1.36 bits per heavy atom. The number of nitrogens with one attached hydrogen (secondary N) is 2. The van der Waals surface area contributed by atoms with Gasteiger partial charge in [0.15, 0.2) is 5.13 Å². The SMILES string of the molecule is O=C(Nc1nccs1)C1CCCN1C(=O)c1cc2cc(Cl)ccc2[nH]1. The molecule has 8 heteroatoms. The third kappa shape index (κ3) is 3.12. The van der Waals surface area contributed by atoms with Crippen LogP contribution in [0.3, 0.4) is 0 Å². The lowest BCUT2D eigenvalue weighted by atomic mass is 10.2. The van der Waals surface area contributed by atoms with Gasteiger partial charge in [-0.15, -0.1) is 11.3 Å². The standard InChI is InChI=1S/C17H15ClN4O2S/c18-11-3-4-12-10(8-11)9-13(20-12)16(24)22-6-1-2-14(22)15(23)21-17-19-5-7-25-17/h3-5,7-9,14,20H,1-2,6H2,(H,19,21,23). The highest BCUT2D eigenvalue weighted by Gasteiger charge is 2.35. The second kappa shape index (κ2) is 6.50. The van der Waals surface area contributed by atoms with Crippen molar-refractivity contribution in [2.45, 2.75) is 18.9 Å². The van der Waals surface area contributed by atoms with Crippen molar-refractivity contribution in [3.05, 3.63) is 46.6 Å². The fraction of sp³-hybridized carbons (Fsp3) is 0.235. The van der Waals surface area contributed by atoms with Gasteiger partial charge < -0.3 is 15.2 Å². The van der Waals surface area contributed by atoms with E-state index in [0.717, 1.165) is 17.3 Å². The molecule has 0 aliphatic carbocycles. The lowest BCUT2D eigenvalue weighted by Crippen LogP contribution is -2.43. The van der Waals surface area contributed by atoms with Crippen LogP contribution in [0.5, 0.6) is 0 Å². The molecule has 1 fully saturated rings. The van der Waals surface area contributed by atoms with E-state index in [0.29, 0.717) is 28.8 Å². The van der Waals surface area contributed by atoms with Crippen molar-refractivity contribution in [1.29, 1.82) is 0 Å². The molecule has 1 aliphatic heterocycles. The summed E-state index contributed by atoms with van der Waals surface area (Å²) in [5.41, 5.74) is 1.31. The van der Waals surface area contributed by atoms with Crippen molar-refractivity contribution in [1.82, 2.24) is 14.9 Å². The third-order valence-electron chi connectivity index (χ3n) is 4.29. The maximum absolute atomic E-state index is 12.9. The Kier molecular flexibility index (Phi) is 4.19. The summed E-state index contributed by atoms with van der Waals surface area (Å²) >= 11 is 7.36. The van der Waals surface area contributed by atoms with Crippen molar-refractivity contribution in [2.24, 2.45) is 0 Å². The molecule has 1 aromatic carbocycles. The Labute approximate surface area is 152 Å². The number of H-pyrrole nitrogens is 1. The topological polar surface area (TPSA) is 78.1 Å². The van der Waals surface area contributed by atoms with E-state index in [2.05, 4.69) is 15.3 Å². The Hall–Kier alpha value is -2.38. The van der Waals surface area contributed by atoms with Gasteiger partial charge in [-0.3, -0.25) is 9.59 Å². The van der Waals surface area contributed by atoms with E-state index < -0.39 is 6.04 Å². The number of anilines is 1. The van der Waals surface area contributed by atoms with Crippen molar-refractivity contribution >= 4 is 50.8 Å². The number of rotatable bonds is 3. The van der Waals surface area contributed by atoms with E-state index in [-0.39, 0.29) is 11.8 Å². The summed E-state index contributed by atoms with van der Waals surface area (Å²) in [6.45, 7) is 0.560. The fourth-order valence-corrected chi connectivity index (χ4v) is 3.84. The first kappa shape index (κ1) is 16.1. The first-order valence-electron chi connectivity index (χ1n) is 7.91. The highest BCUT2D eigenvalue weighted by Crippen LogP contribution is 2.25. The zero-order valence-electron chi connectivity index (χ0n) is 13.2. The van der Waals surface area contributed by atoms with Crippen LogP contribution in [0.15, 0.2) is 35.8 Å². The highest BCUT2D eigenvalue weighted by molar-refractivity contribution is 7.13. The molecule has 4 rings (SSSR count). The summed E-state index contributed by atoms with van der Waals surface area (Å²) in [5, 5.41) is 6.61. The van der Waals surface area contributed by atoms with Crippen LogP contribution in [0.1, 0.15) is 23.3 Å². The van der Waals surface area contributed by atoms with Gasteiger partial charge >= 0.3 is 0 Å². The number of aromatic amines is 1. The number of carbonyl (C=O) groups is 2. The second-order valence-electron chi connectivity index (χ2n) is 5.90. The lowest BCUT2D eigenvalue weighted by Gasteiger charge is -2.23. The van der Waals surface area contributed by atoms with Gasteiger partial charge in [0, 0.05) is 34.0 Å². The van der Waals surface area contributed by atoms with E-state index in [9.17, 15) is 9.59 Å².